The average molecular weight is 279 g/mol. The molecular weight excluding hydrogens is 264 g/mol. The Morgan fingerprint density at radius 1 is 1.37 bits per heavy atom. The van der Waals surface area contributed by atoms with Crippen molar-refractivity contribution < 1.29 is 4.74 Å². The number of ether oxygens (including phenoxy) is 1. The van der Waals surface area contributed by atoms with Crippen molar-refractivity contribution in [1.29, 1.82) is 0 Å². The molecule has 0 aliphatic heterocycles. The van der Waals surface area contributed by atoms with Gasteiger partial charge in [0.25, 0.3) is 5.56 Å². The van der Waals surface area contributed by atoms with Gasteiger partial charge in [0.1, 0.15) is 5.75 Å². The van der Waals surface area contributed by atoms with Crippen LogP contribution in [0, 0.1) is 13.8 Å². The highest BCUT2D eigenvalue weighted by molar-refractivity contribution is 6.30. The zero-order valence-electron chi connectivity index (χ0n) is 11.1. The van der Waals surface area contributed by atoms with E-state index in [1.807, 2.05) is 26.0 Å². The van der Waals surface area contributed by atoms with Crippen LogP contribution < -0.4 is 10.3 Å². The standard InChI is InChI=1S/C14H15ClN2O2/c1-9-4-5-13(19-3)10(2)12(9)8-17-14(18)6-11(15)7-16-17/h4-7H,8H2,1-3H3. The van der Waals surface area contributed by atoms with Gasteiger partial charge in [0.2, 0.25) is 0 Å². The molecule has 0 bridgehead atoms. The Hall–Kier alpha value is -1.81. The molecule has 1 heterocycles. The SMILES string of the molecule is COc1ccc(C)c(Cn2ncc(Cl)cc2=O)c1C. The molecule has 0 radical (unpaired) electrons. The van der Waals surface area contributed by atoms with Crippen molar-refractivity contribution >= 4 is 11.6 Å². The minimum Gasteiger partial charge on any atom is -0.496 e. The van der Waals surface area contributed by atoms with E-state index in [0.717, 1.165) is 22.4 Å². The minimum atomic E-state index is -0.214. The van der Waals surface area contributed by atoms with E-state index >= 15 is 0 Å². The Morgan fingerprint density at radius 2 is 2.11 bits per heavy atom. The maximum absolute atomic E-state index is 11.8. The fourth-order valence-corrected chi connectivity index (χ4v) is 2.15. The number of hydrogen-bond acceptors (Lipinski definition) is 3. The first kappa shape index (κ1) is 13.6. The summed E-state index contributed by atoms with van der Waals surface area (Å²) in [6, 6.07) is 5.26. The number of aromatic nitrogens is 2. The van der Waals surface area contributed by atoms with Gasteiger partial charge in [0.05, 0.1) is 24.9 Å². The third kappa shape index (κ3) is 2.79. The van der Waals surface area contributed by atoms with Crippen molar-refractivity contribution in [3.05, 3.63) is 56.5 Å². The van der Waals surface area contributed by atoms with Gasteiger partial charge in [0.15, 0.2) is 0 Å². The van der Waals surface area contributed by atoms with Crippen LogP contribution in [0.15, 0.2) is 29.2 Å². The van der Waals surface area contributed by atoms with Crippen LogP contribution in [-0.2, 0) is 6.54 Å². The first-order chi connectivity index (χ1) is 9.02. The van der Waals surface area contributed by atoms with Gasteiger partial charge in [-0.3, -0.25) is 4.79 Å². The molecule has 0 amide bonds. The molecule has 5 heteroatoms. The number of methoxy groups -OCH3 is 1. The molecule has 100 valence electrons. The molecule has 19 heavy (non-hydrogen) atoms. The Morgan fingerprint density at radius 3 is 2.74 bits per heavy atom. The van der Waals surface area contributed by atoms with Gasteiger partial charge >= 0.3 is 0 Å². The molecule has 0 spiro atoms. The third-order valence-electron chi connectivity index (χ3n) is 3.15. The zero-order chi connectivity index (χ0) is 14.0. The van der Waals surface area contributed by atoms with Crippen molar-refractivity contribution in [3.63, 3.8) is 0 Å². The fourth-order valence-electron chi connectivity index (χ4n) is 2.02. The van der Waals surface area contributed by atoms with Gasteiger partial charge < -0.3 is 4.74 Å². The maximum atomic E-state index is 11.8. The van der Waals surface area contributed by atoms with E-state index in [-0.39, 0.29) is 5.56 Å². The second kappa shape index (κ2) is 5.45. The molecule has 1 aromatic heterocycles. The maximum Gasteiger partial charge on any atom is 0.268 e. The minimum absolute atomic E-state index is 0.214. The van der Waals surface area contributed by atoms with Crippen LogP contribution in [0.5, 0.6) is 5.75 Å². The number of rotatable bonds is 3. The molecule has 0 fully saturated rings. The van der Waals surface area contributed by atoms with Gasteiger partial charge in [-0.25, -0.2) is 4.68 Å². The van der Waals surface area contributed by atoms with E-state index in [1.165, 1.54) is 16.9 Å². The van der Waals surface area contributed by atoms with E-state index in [9.17, 15) is 4.79 Å². The zero-order valence-corrected chi connectivity index (χ0v) is 11.9. The molecule has 0 aliphatic rings. The molecular formula is C14H15ClN2O2. The first-order valence-electron chi connectivity index (χ1n) is 5.88. The van der Waals surface area contributed by atoms with Crippen LogP contribution in [0.3, 0.4) is 0 Å². The molecule has 0 atom stereocenters. The molecule has 0 N–H and O–H groups in total. The lowest BCUT2D eigenvalue weighted by Crippen LogP contribution is -2.23. The van der Waals surface area contributed by atoms with Crippen molar-refractivity contribution in [1.82, 2.24) is 9.78 Å². The fraction of sp³-hybridized carbons (Fsp3) is 0.286. The highest BCUT2D eigenvalue weighted by atomic mass is 35.5. The van der Waals surface area contributed by atoms with Crippen molar-refractivity contribution in [2.24, 2.45) is 0 Å². The summed E-state index contributed by atoms with van der Waals surface area (Å²) in [4.78, 5) is 11.8. The Labute approximate surface area is 116 Å². The molecule has 0 saturated heterocycles. The summed E-state index contributed by atoms with van der Waals surface area (Å²) in [5.41, 5.74) is 2.94. The molecule has 0 aliphatic carbocycles. The van der Waals surface area contributed by atoms with E-state index in [4.69, 9.17) is 16.3 Å². The Bertz CT molecular complexity index is 665. The highest BCUT2D eigenvalue weighted by Crippen LogP contribution is 2.24. The van der Waals surface area contributed by atoms with E-state index in [1.54, 1.807) is 7.11 Å². The molecule has 4 nitrogen and oxygen atoms in total. The summed E-state index contributed by atoms with van der Waals surface area (Å²) in [6.45, 7) is 4.38. The lowest BCUT2D eigenvalue weighted by Gasteiger charge is -2.14. The number of benzene rings is 1. The number of halogens is 1. The van der Waals surface area contributed by atoms with Crippen LogP contribution in [-0.4, -0.2) is 16.9 Å². The summed E-state index contributed by atoms with van der Waals surface area (Å²) in [6.07, 6.45) is 1.47. The van der Waals surface area contributed by atoms with Gasteiger partial charge in [-0.15, -0.1) is 0 Å². The number of nitrogens with zero attached hydrogens (tertiary/aromatic N) is 2. The van der Waals surface area contributed by atoms with Gasteiger partial charge in [-0.05, 0) is 36.6 Å². The van der Waals surface area contributed by atoms with Gasteiger partial charge in [-0.1, -0.05) is 17.7 Å². The van der Waals surface area contributed by atoms with Crippen LogP contribution in [0.25, 0.3) is 0 Å². The topological polar surface area (TPSA) is 44.1 Å². The molecule has 0 saturated carbocycles. The smallest absolute Gasteiger partial charge is 0.268 e. The summed E-state index contributed by atoms with van der Waals surface area (Å²) < 4.78 is 6.69. The second-order valence-electron chi connectivity index (χ2n) is 4.36. The predicted octanol–water partition coefficient (Wildman–Crippen LogP) is 2.57. The second-order valence-corrected chi connectivity index (χ2v) is 4.79. The van der Waals surface area contributed by atoms with Crippen LogP contribution in [0.4, 0.5) is 0 Å². The van der Waals surface area contributed by atoms with E-state index in [2.05, 4.69) is 5.10 Å². The lowest BCUT2D eigenvalue weighted by atomic mass is 10.0. The lowest BCUT2D eigenvalue weighted by molar-refractivity contribution is 0.410. The number of hydrogen-bond donors (Lipinski definition) is 0. The first-order valence-corrected chi connectivity index (χ1v) is 6.26. The van der Waals surface area contributed by atoms with E-state index in [0.29, 0.717) is 11.6 Å². The van der Waals surface area contributed by atoms with Crippen molar-refractivity contribution in [3.8, 4) is 5.75 Å². The summed E-state index contributed by atoms with van der Waals surface area (Å²) in [5.74, 6) is 0.808. The third-order valence-corrected chi connectivity index (χ3v) is 3.35. The monoisotopic (exact) mass is 278 g/mol. The Kier molecular flexibility index (Phi) is 3.90. The largest absolute Gasteiger partial charge is 0.496 e. The van der Waals surface area contributed by atoms with Crippen molar-refractivity contribution in [2.75, 3.05) is 7.11 Å². The molecule has 1 aromatic carbocycles. The van der Waals surface area contributed by atoms with Crippen LogP contribution in [0.1, 0.15) is 16.7 Å². The van der Waals surface area contributed by atoms with Crippen LogP contribution >= 0.6 is 11.6 Å². The molecule has 0 unspecified atom stereocenters. The molecule has 2 aromatic rings. The quantitative estimate of drug-likeness (QED) is 0.867. The number of aryl methyl sites for hydroxylation is 1. The van der Waals surface area contributed by atoms with Gasteiger partial charge in [-0.2, -0.15) is 5.10 Å². The average Bonchev–Trinajstić information content (AvgIpc) is 2.37. The summed E-state index contributed by atoms with van der Waals surface area (Å²) >= 11 is 5.73. The predicted molar refractivity (Wildman–Crippen MR) is 75.1 cm³/mol. The van der Waals surface area contributed by atoms with Crippen molar-refractivity contribution in [2.45, 2.75) is 20.4 Å². The van der Waals surface area contributed by atoms with E-state index < -0.39 is 0 Å². The normalized spacial score (nSPS) is 10.5. The van der Waals surface area contributed by atoms with Gasteiger partial charge in [0, 0.05) is 6.07 Å². The Balaban J connectivity index is 2.46. The molecule has 2 rings (SSSR count). The van der Waals surface area contributed by atoms with Crippen LogP contribution in [0.2, 0.25) is 5.02 Å². The summed E-state index contributed by atoms with van der Waals surface area (Å²) in [5, 5.41) is 4.39. The summed E-state index contributed by atoms with van der Waals surface area (Å²) in [7, 11) is 1.63. The highest BCUT2D eigenvalue weighted by Gasteiger charge is 2.10.